The normalized spacial score (nSPS) is 16.3. The molecule has 4 aromatic rings. The lowest BCUT2D eigenvalue weighted by Gasteiger charge is -2.21. The van der Waals surface area contributed by atoms with E-state index in [0.29, 0.717) is 19.6 Å². The van der Waals surface area contributed by atoms with Gasteiger partial charge in [-0.3, -0.25) is 9.59 Å². The van der Waals surface area contributed by atoms with Gasteiger partial charge in [0, 0.05) is 68.9 Å². The van der Waals surface area contributed by atoms with Crippen molar-refractivity contribution in [2.75, 3.05) is 32.1 Å². The molecule has 1 saturated heterocycles. The number of anilines is 1. The second-order valence-corrected chi connectivity index (χ2v) is 9.73. The van der Waals surface area contributed by atoms with Crippen molar-refractivity contribution in [1.82, 2.24) is 15.2 Å². The van der Waals surface area contributed by atoms with Gasteiger partial charge in [-0.15, -0.1) is 0 Å². The van der Waals surface area contributed by atoms with Crippen molar-refractivity contribution in [2.24, 2.45) is 5.92 Å². The molecule has 3 aromatic carbocycles. The Labute approximate surface area is 211 Å². The number of H-pyrrole nitrogens is 1. The number of benzene rings is 3. The molecule has 36 heavy (non-hydrogen) atoms. The van der Waals surface area contributed by atoms with Gasteiger partial charge in [-0.2, -0.15) is 0 Å². The number of likely N-dealkylation sites (tertiary alicyclic amines) is 1. The fraction of sp³-hybridized carbons (Fsp3) is 0.267. The van der Waals surface area contributed by atoms with Crippen LogP contribution in [0.3, 0.4) is 0 Å². The number of carbonyl (C=O) groups is 2. The molecule has 6 nitrogen and oxygen atoms in total. The summed E-state index contributed by atoms with van der Waals surface area (Å²) < 4.78 is 0. The average molecular weight is 481 g/mol. The number of aromatic amines is 1. The summed E-state index contributed by atoms with van der Waals surface area (Å²) in [5.74, 6) is -0.375. The van der Waals surface area contributed by atoms with Crippen LogP contribution in [0.5, 0.6) is 0 Å². The van der Waals surface area contributed by atoms with E-state index in [1.54, 1.807) is 4.90 Å². The standard InChI is InChI=1S/C30H32N4O2/c1-33(2)24-14-12-22(13-15-24)26(27-18-31-28-11-7-6-10-25(27)28)17-32-30(36)23-16-29(35)34(20-23)19-21-8-4-3-5-9-21/h3-15,18,23,26,31H,16-17,19-20H2,1-2H3,(H,32,36). The van der Waals surface area contributed by atoms with Crippen molar-refractivity contribution in [3.63, 3.8) is 0 Å². The van der Waals surface area contributed by atoms with Gasteiger partial charge in [-0.25, -0.2) is 0 Å². The van der Waals surface area contributed by atoms with Gasteiger partial charge in [0.15, 0.2) is 0 Å². The number of carbonyl (C=O) groups excluding carboxylic acids is 2. The van der Waals surface area contributed by atoms with E-state index in [4.69, 9.17) is 0 Å². The molecule has 0 saturated carbocycles. The first-order valence-corrected chi connectivity index (χ1v) is 12.4. The van der Waals surface area contributed by atoms with Crippen LogP contribution in [0, 0.1) is 5.92 Å². The van der Waals surface area contributed by atoms with E-state index >= 15 is 0 Å². The fourth-order valence-corrected chi connectivity index (χ4v) is 5.05. The molecule has 1 aromatic heterocycles. The minimum atomic E-state index is -0.332. The van der Waals surface area contributed by atoms with Crippen LogP contribution < -0.4 is 10.2 Å². The third kappa shape index (κ3) is 4.98. The van der Waals surface area contributed by atoms with Crippen LogP contribution in [0.1, 0.15) is 29.0 Å². The Kier molecular flexibility index (Phi) is 6.76. The predicted octanol–water partition coefficient (Wildman–Crippen LogP) is 4.53. The van der Waals surface area contributed by atoms with Gasteiger partial charge >= 0.3 is 0 Å². The number of hydrogen-bond acceptors (Lipinski definition) is 3. The maximum Gasteiger partial charge on any atom is 0.225 e. The van der Waals surface area contributed by atoms with E-state index in [2.05, 4.69) is 51.6 Å². The first kappa shape index (κ1) is 23.7. The summed E-state index contributed by atoms with van der Waals surface area (Å²) in [7, 11) is 4.05. The molecule has 5 rings (SSSR count). The van der Waals surface area contributed by atoms with Gasteiger partial charge in [0.25, 0.3) is 0 Å². The van der Waals surface area contributed by atoms with Gasteiger partial charge in [0.2, 0.25) is 11.8 Å². The maximum atomic E-state index is 13.2. The highest BCUT2D eigenvalue weighted by molar-refractivity contribution is 5.89. The van der Waals surface area contributed by atoms with Crippen molar-refractivity contribution in [3.8, 4) is 0 Å². The molecule has 1 fully saturated rings. The van der Waals surface area contributed by atoms with Crippen LogP contribution in [-0.4, -0.2) is 48.9 Å². The molecule has 6 heteroatoms. The van der Waals surface area contributed by atoms with Gasteiger partial charge in [-0.05, 0) is 34.9 Å². The summed E-state index contributed by atoms with van der Waals surface area (Å²) in [4.78, 5) is 33.0. The molecular weight excluding hydrogens is 448 g/mol. The highest BCUT2D eigenvalue weighted by atomic mass is 16.2. The lowest BCUT2D eigenvalue weighted by molar-refractivity contribution is -0.129. The van der Waals surface area contributed by atoms with Gasteiger partial charge in [0.05, 0.1) is 5.92 Å². The van der Waals surface area contributed by atoms with E-state index in [0.717, 1.165) is 33.3 Å². The molecule has 0 aliphatic carbocycles. The Morgan fingerprint density at radius 1 is 1.03 bits per heavy atom. The zero-order chi connectivity index (χ0) is 25.1. The summed E-state index contributed by atoms with van der Waals surface area (Å²) in [6.45, 7) is 1.46. The van der Waals surface area contributed by atoms with E-state index < -0.39 is 0 Å². The van der Waals surface area contributed by atoms with Crippen LogP contribution in [0.25, 0.3) is 10.9 Å². The molecule has 1 aliphatic rings. The van der Waals surface area contributed by atoms with Crippen LogP contribution in [0.15, 0.2) is 85.1 Å². The number of aromatic nitrogens is 1. The third-order valence-corrected chi connectivity index (χ3v) is 7.09. The molecular formula is C30H32N4O2. The SMILES string of the molecule is CN(C)c1ccc(C(CNC(=O)C2CC(=O)N(Cc3ccccc3)C2)c2c[nH]c3ccccc23)cc1. The lowest BCUT2D eigenvalue weighted by Crippen LogP contribution is -2.35. The molecule has 2 amide bonds. The van der Waals surface area contributed by atoms with Crippen LogP contribution in [0.2, 0.25) is 0 Å². The number of rotatable bonds is 8. The van der Waals surface area contributed by atoms with Gasteiger partial charge in [0.1, 0.15) is 0 Å². The van der Waals surface area contributed by atoms with Gasteiger partial charge < -0.3 is 20.1 Å². The Morgan fingerprint density at radius 2 is 1.75 bits per heavy atom. The zero-order valence-corrected chi connectivity index (χ0v) is 20.8. The number of amides is 2. The Hall–Kier alpha value is -4.06. The summed E-state index contributed by atoms with van der Waals surface area (Å²) in [5.41, 5.74) is 5.57. The molecule has 2 atom stereocenters. The quantitative estimate of drug-likeness (QED) is 0.389. The van der Waals surface area contributed by atoms with Crippen LogP contribution in [0.4, 0.5) is 5.69 Å². The fourth-order valence-electron chi connectivity index (χ4n) is 5.05. The van der Waals surface area contributed by atoms with Crippen molar-refractivity contribution >= 4 is 28.4 Å². The first-order chi connectivity index (χ1) is 17.5. The largest absolute Gasteiger partial charge is 0.378 e. The van der Waals surface area contributed by atoms with Crippen molar-refractivity contribution < 1.29 is 9.59 Å². The summed E-state index contributed by atoms with van der Waals surface area (Å²) in [5, 5.41) is 4.33. The summed E-state index contributed by atoms with van der Waals surface area (Å²) in [6, 6.07) is 26.6. The topological polar surface area (TPSA) is 68.4 Å². The molecule has 2 N–H and O–H groups in total. The number of fused-ring (bicyclic) bond motifs is 1. The molecule has 184 valence electrons. The second-order valence-electron chi connectivity index (χ2n) is 9.73. The number of nitrogens with zero attached hydrogens (tertiary/aromatic N) is 2. The smallest absolute Gasteiger partial charge is 0.225 e. The van der Waals surface area contributed by atoms with Crippen LogP contribution >= 0.6 is 0 Å². The first-order valence-electron chi connectivity index (χ1n) is 12.4. The predicted molar refractivity (Wildman–Crippen MR) is 144 cm³/mol. The zero-order valence-electron chi connectivity index (χ0n) is 20.8. The van der Waals surface area contributed by atoms with E-state index in [1.807, 2.05) is 62.8 Å². The Balaban J connectivity index is 1.32. The summed E-state index contributed by atoms with van der Waals surface area (Å²) >= 11 is 0. The third-order valence-electron chi connectivity index (χ3n) is 7.09. The maximum absolute atomic E-state index is 13.2. The Bertz CT molecular complexity index is 1340. The van der Waals surface area contributed by atoms with Gasteiger partial charge in [-0.1, -0.05) is 60.7 Å². The number of hydrogen-bond donors (Lipinski definition) is 2. The lowest BCUT2D eigenvalue weighted by atomic mass is 9.90. The van der Waals surface area contributed by atoms with Crippen molar-refractivity contribution in [2.45, 2.75) is 18.9 Å². The molecule has 1 aliphatic heterocycles. The average Bonchev–Trinajstić information content (AvgIpc) is 3.49. The molecule has 2 heterocycles. The molecule has 0 bridgehead atoms. The number of nitrogens with one attached hydrogen (secondary N) is 2. The Morgan fingerprint density at radius 3 is 2.50 bits per heavy atom. The highest BCUT2D eigenvalue weighted by Crippen LogP contribution is 2.32. The number of para-hydroxylation sites is 1. The van der Waals surface area contributed by atoms with E-state index in [9.17, 15) is 9.59 Å². The molecule has 0 radical (unpaired) electrons. The second kappa shape index (κ2) is 10.3. The van der Waals surface area contributed by atoms with E-state index in [-0.39, 0.29) is 30.1 Å². The van der Waals surface area contributed by atoms with Crippen molar-refractivity contribution in [1.29, 1.82) is 0 Å². The molecule has 0 spiro atoms. The molecule has 2 unspecified atom stereocenters. The minimum Gasteiger partial charge on any atom is -0.378 e. The highest BCUT2D eigenvalue weighted by Gasteiger charge is 2.34. The monoisotopic (exact) mass is 480 g/mol. The van der Waals surface area contributed by atoms with Crippen molar-refractivity contribution in [3.05, 3.63) is 102 Å². The summed E-state index contributed by atoms with van der Waals surface area (Å²) in [6.07, 6.45) is 2.30. The van der Waals surface area contributed by atoms with Crippen LogP contribution in [-0.2, 0) is 16.1 Å². The van der Waals surface area contributed by atoms with E-state index in [1.165, 1.54) is 0 Å². The minimum absolute atomic E-state index is 0.0150.